The molecule has 1 atom stereocenters. The zero-order valence-electron chi connectivity index (χ0n) is 9.85. The van der Waals surface area contributed by atoms with Crippen molar-refractivity contribution in [1.82, 2.24) is 4.98 Å². The molecule has 100 valence electrons. The summed E-state index contributed by atoms with van der Waals surface area (Å²) < 4.78 is 0. The molecule has 0 saturated heterocycles. The molecule has 0 radical (unpaired) electrons. The molecule has 0 aliphatic rings. The fourth-order valence-corrected chi connectivity index (χ4v) is 2.35. The number of rotatable bonds is 3. The van der Waals surface area contributed by atoms with Gasteiger partial charge in [0, 0.05) is 10.9 Å². The highest BCUT2D eigenvalue weighted by atomic mass is 35.5. The second-order valence-electron chi connectivity index (χ2n) is 3.83. The van der Waals surface area contributed by atoms with E-state index < -0.39 is 12.0 Å². The summed E-state index contributed by atoms with van der Waals surface area (Å²) in [5, 5.41) is 14.8. The highest BCUT2D eigenvalue weighted by Gasteiger charge is 2.12. The van der Waals surface area contributed by atoms with Crippen molar-refractivity contribution in [2.24, 2.45) is 0 Å². The van der Waals surface area contributed by atoms with E-state index in [2.05, 4.69) is 10.3 Å². The predicted octanol–water partition coefficient (Wildman–Crippen LogP) is 3.44. The van der Waals surface area contributed by atoms with Gasteiger partial charge in [0.05, 0.1) is 15.7 Å². The predicted molar refractivity (Wildman–Crippen MR) is 77.9 cm³/mol. The van der Waals surface area contributed by atoms with Crippen molar-refractivity contribution in [3.8, 4) is 11.3 Å². The Morgan fingerprint density at radius 2 is 2.16 bits per heavy atom. The van der Waals surface area contributed by atoms with Crippen LogP contribution in [0.5, 0.6) is 0 Å². The standard InChI is InChI=1S/C12H10Cl2N2O2S/c1-6(17)11(18)16-12-15-10(5-19-12)7-2-3-8(13)9(14)4-7/h2-6,17H,1H3,(H,15,16,18). The first-order valence-corrected chi connectivity index (χ1v) is 7.01. The number of aromatic nitrogens is 1. The first kappa shape index (κ1) is 14.3. The molecule has 2 N–H and O–H groups in total. The molecule has 2 aromatic rings. The van der Waals surface area contributed by atoms with Crippen molar-refractivity contribution >= 4 is 45.6 Å². The molecule has 0 bridgehead atoms. The van der Waals surface area contributed by atoms with Crippen LogP contribution in [0.4, 0.5) is 5.13 Å². The van der Waals surface area contributed by atoms with Crippen LogP contribution in [0.2, 0.25) is 10.0 Å². The van der Waals surface area contributed by atoms with Gasteiger partial charge in [-0.25, -0.2) is 4.98 Å². The minimum absolute atomic E-state index is 0.423. The molecule has 7 heteroatoms. The van der Waals surface area contributed by atoms with Gasteiger partial charge in [0.15, 0.2) is 5.13 Å². The van der Waals surface area contributed by atoms with Gasteiger partial charge < -0.3 is 5.11 Å². The number of halogens is 2. The summed E-state index contributed by atoms with van der Waals surface area (Å²) >= 11 is 13.0. The average molecular weight is 317 g/mol. The van der Waals surface area contributed by atoms with E-state index in [1.807, 2.05) is 0 Å². The van der Waals surface area contributed by atoms with E-state index in [9.17, 15) is 4.79 Å². The lowest BCUT2D eigenvalue weighted by Crippen LogP contribution is -2.24. The van der Waals surface area contributed by atoms with Crippen LogP contribution in [-0.2, 0) is 4.79 Å². The van der Waals surface area contributed by atoms with Gasteiger partial charge in [-0.05, 0) is 19.1 Å². The van der Waals surface area contributed by atoms with Crippen LogP contribution in [0.3, 0.4) is 0 Å². The first-order valence-electron chi connectivity index (χ1n) is 5.37. The molecule has 0 fully saturated rings. The molecule has 4 nitrogen and oxygen atoms in total. The number of carbonyl (C=O) groups is 1. The number of amides is 1. The summed E-state index contributed by atoms with van der Waals surface area (Å²) in [6, 6.07) is 5.19. The number of nitrogens with zero attached hydrogens (tertiary/aromatic N) is 1. The van der Waals surface area contributed by atoms with E-state index in [4.69, 9.17) is 28.3 Å². The number of aliphatic hydroxyl groups excluding tert-OH is 1. The SMILES string of the molecule is CC(O)C(=O)Nc1nc(-c2ccc(Cl)c(Cl)c2)cs1. The number of nitrogens with one attached hydrogen (secondary N) is 1. The molecule has 1 unspecified atom stereocenters. The lowest BCUT2D eigenvalue weighted by Gasteiger charge is -2.03. The van der Waals surface area contributed by atoms with Gasteiger partial charge >= 0.3 is 0 Å². The van der Waals surface area contributed by atoms with Gasteiger partial charge in [-0.2, -0.15) is 0 Å². The fraction of sp³-hybridized carbons (Fsp3) is 0.167. The Morgan fingerprint density at radius 1 is 1.42 bits per heavy atom. The van der Waals surface area contributed by atoms with Crippen LogP contribution in [0.1, 0.15) is 6.92 Å². The van der Waals surface area contributed by atoms with E-state index in [-0.39, 0.29) is 0 Å². The van der Waals surface area contributed by atoms with E-state index in [0.717, 1.165) is 5.56 Å². The Bertz CT molecular complexity index is 614. The number of aliphatic hydroxyl groups is 1. The van der Waals surface area contributed by atoms with Crippen LogP contribution in [0.15, 0.2) is 23.6 Å². The van der Waals surface area contributed by atoms with Crippen LogP contribution in [-0.4, -0.2) is 22.1 Å². The van der Waals surface area contributed by atoms with Gasteiger partial charge in [-0.1, -0.05) is 29.3 Å². The topological polar surface area (TPSA) is 62.2 Å². The zero-order valence-corrected chi connectivity index (χ0v) is 12.2. The Labute approximate surface area is 124 Å². The number of hydrogen-bond donors (Lipinski definition) is 2. The monoisotopic (exact) mass is 316 g/mol. The summed E-state index contributed by atoms with van der Waals surface area (Å²) in [4.78, 5) is 15.6. The quantitative estimate of drug-likeness (QED) is 0.911. The van der Waals surface area contributed by atoms with Crippen LogP contribution in [0.25, 0.3) is 11.3 Å². The minimum atomic E-state index is -1.07. The largest absolute Gasteiger partial charge is 0.384 e. The maximum absolute atomic E-state index is 11.3. The maximum Gasteiger partial charge on any atom is 0.254 e. The van der Waals surface area contributed by atoms with E-state index in [1.165, 1.54) is 18.3 Å². The Morgan fingerprint density at radius 3 is 2.79 bits per heavy atom. The van der Waals surface area contributed by atoms with E-state index >= 15 is 0 Å². The number of anilines is 1. The van der Waals surface area contributed by atoms with Gasteiger partial charge in [-0.15, -0.1) is 11.3 Å². The van der Waals surface area contributed by atoms with Crippen LogP contribution in [0, 0.1) is 0 Å². The van der Waals surface area contributed by atoms with Crippen molar-refractivity contribution in [1.29, 1.82) is 0 Å². The van der Waals surface area contributed by atoms with Crippen molar-refractivity contribution < 1.29 is 9.90 Å². The highest BCUT2D eigenvalue weighted by molar-refractivity contribution is 7.14. The Balaban J connectivity index is 2.21. The zero-order chi connectivity index (χ0) is 14.0. The highest BCUT2D eigenvalue weighted by Crippen LogP contribution is 2.30. The van der Waals surface area contributed by atoms with Crippen LogP contribution < -0.4 is 5.32 Å². The van der Waals surface area contributed by atoms with Gasteiger partial charge in [0.2, 0.25) is 0 Å². The third kappa shape index (κ3) is 3.45. The molecule has 1 aromatic heterocycles. The number of benzene rings is 1. The van der Waals surface area contributed by atoms with Crippen LogP contribution >= 0.6 is 34.5 Å². The molecule has 2 rings (SSSR count). The second kappa shape index (κ2) is 5.88. The Hall–Kier alpha value is -1.14. The molecule has 1 heterocycles. The first-order chi connectivity index (χ1) is 8.97. The fourth-order valence-electron chi connectivity index (χ4n) is 1.33. The lowest BCUT2D eigenvalue weighted by atomic mass is 10.2. The summed E-state index contributed by atoms with van der Waals surface area (Å²) in [6.07, 6.45) is -1.07. The summed E-state index contributed by atoms with van der Waals surface area (Å²) in [5.41, 5.74) is 1.49. The number of carbonyl (C=O) groups excluding carboxylic acids is 1. The van der Waals surface area contributed by atoms with Gasteiger partial charge in [-0.3, -0.25) is 10.1 Å². The molecule has 0 aliphatic carbocycles. The summed E-state index contributed by atoms with van der Waals surface area (Å²) in [6.45, 7) is 1.39. The minimum Gasteiger partial charge on any atom is -0.384 e. The second-order valence-corrected chi connectivity index (χ2v) is 5.50. The molecule has 1 aromatic carbocycles. The molecular weight excluding hydrogens is 307 g/mol. The summed E-state index contributed by atoms with van der Waals surface area (Å²) in [5.74, 6) is -0.491. The molecule has 19 heavy (non-hydrogen) atoms. The lowest BCUT2D eigenvalue weighted by molar-refractivity contribution is -0.123. The third-order valence-corrected chi connectivity index (χ3v) is 3.83. The van der Waals surface area contributed by atoms with Gasteiger partial charge in [0.1, 0.15) is 6.10 Å². The third-order valence-electron chi connectivity index (χ3n) is 2.33. The van der Waals surface area contributed by atoms with Crippen molar-refractivity contribution in [2.45, 2.75) is 13.0 Å². The number of hydrogen-bond acceptors (Lipinski definition) is 4. The van der Waals surface area contributed by atoms with E-state index in [1.54, 1.807) is 23.6 Å². The van der Waals surface area contributed by atoms with Crippen molar-refractivity contribution in [3.63, 3.8) is 0 Å². The average Bonchev–Trinajstić information content (AvgIpc) is 2.81. The molecular formula is C12H10Cl2N2O2S. The molecule has 0 saturated carbocycles. The van der Waals surface area contributed by atoms with Crippen molar-refractivity contribution in [2.75, 3.05) is 5.32 Å². The van der Waals surface area contributed by atoms with E-state index in [0.29, 0.717) is 20.9 Å². The molecule has 0 aliphatic heterocycles. The maximum atomic E-state index is 11.3. The Kier molecular flexibility index (Phi) is 4.42. The van der Waals surface area contributed by atoms with Crippen molar-refractivity contribution in [3.05, 3.63) is 33.6 Å². The van der Waals surface area contributed by atoms with Gasteiger partial charge in [0.25, 0.3) is 5.91 Å². The normalized spacial score (nSPS) is 12.2. The summed E-state index contributed by atoms with van der Waals surface area (Å²) in [7, 11) is 0. The number of thiazole rings is 1. The molecule has 0 spiro atoms. The molecule has 1 amide bonds. The smallest absolute Gasteiger partial charge is 0.254 e.